The summed E-state index contributed by atoms with van der Waals surface area (Å²) in [7, 11) is 1.91. The van der Waals surface area contributed by atoms with Crippen molar-refractivity contribution in [2.45, 2.75) is 18.9 Å². The van der Waals surface area contributed by atoms with Gasteiger partial charge in [-0.25, -0.2) is 13.8 Å². The molecule has 0 spiro atoms. The summed E-state index contributed by atoms with van der Waals surface area (Å²) in [5.74, 6) is -1.83. The molecule has 1 saturated heterocycles. The number of H-pyrrole nitrogens is 1. The molecule has 5 rings (SSSR count). The summed E-state index contributed by atoms with van der Waals surface area (Å²) in [5.41, 5.74) is 3.76. The molecule has 33 heavy (non-hydrogen) atoms. The van der Waals surface area contributed by atoms with Gasteiger partial charge in [-0.3, -0.25) is 14.9 Å². The van der Waals surface area contributed by atoms with E-state index in [9.17, 15) is 13.6 Å². The van der Waals surface area contributed by atoms with Gasteiger partial charge in [-0.1, -0.05) is 6.07 Å². The van der Waals surface area contributed by atoms with Crippen molar-refractivity contribution >= 4 is 16.9 Å². The summed E-state index contributed by atoms with van der Waals surface area (Å²) >= 11 is 0. The summed E-state index contributed by atoms with van der Waals surface area (Å²) in [6.45, 7) is 3.00. The molecule has 4 heterocycles. The number of hydrogen-bond donors (Lipinski definition) is 2. The molecular formula is C24H22F2N6O. The van der Waals surface area contributed by atoms with E-state index in [1.54, 1.807) is 12.3 Å². The van der Waals surface area contributed by atoms with Gasteiger partial charge in [0, 0.05) is 60.2 Å². The van der Waals surface area contributed by atoms with Gasteiger partial charge in [0.1, 0.15) is 17.3 Å². The normalized spacial score (nSPS) is 18.7. The molecule has 1 amide bonds. The second-order valence-corrected chi connectivity index (χ2v) is 8.45. The molecule has 0 aliphatic carbocycles. The van der Waals surface area contributed by atoms with E-state index < -0.39 is 11.6 Å². The maximum Gasteiger partial charge on any atom is 0.253 e. The number of nitrogens with zero attached hydrogens (tertiary/aromatic N) is 4. The van der Waals surface area contributed by atoms with E-state index >= 15 is 0 Å². The van der Waals surface area contributed by atoms with Gasteiger partial charge >= 0.3 is 0 Å². The summed E-state index contributed by atoms with van der Waals surface area (Å²) in [5, 5.41) is 11.0. The van der Waals surface area contributed by atoms with E-state index in [0.29, 0.717) is 35.6 Å². The predicted octanol–water partition coefficient (Wildman–Crippen LogP) is 3.43. The number of carbonyl (C=O) groups excluding carboxylic acids is 1. The van der Waals surface area contributed by atoms with Crippen molar-refractivity contribution < 1.29 is 13.6 Å². The quantitative estimate of drug-likeness (QED) is 0.500. The van der Waals surface area contributed by atoms with Crippen LogP contribution in [0.25, 0.3) is 22.3 Å². The lowest BCUT2D eigenvalue weighted by Gasteiger charge is -2.21. The van der Waals surface area contributed by atoms with Gasteiger partial charge in [-0.15, -0.1) is 0 Å². The Morgan fingerprint density at radius 3 is 2.79 bits per heavy atom. The first-order chi connectivity index (χ1) is 15.9. The molecule has 1 aliphatic heterocycles. The van der Waals surface area contributed by atoms with Crippen LogP contribution in [0.4, 0.5) is 8.78 Å². The third-order valence-corrected chi connectivity index (χ3v) is 6.03. The maximum atomic E-state index is 14.4. The molecule has 0 radical (unpaired) electrons. The van der Waals surface area contributed by atoms with Crippen LogP contribution in [-0.4, -0.2) is 57.2 Å². The molecule has 1 aliphatic rings. The van der Waals surface area contributed by atoms with Crippen LogP contribution in [0.1, 0.15) is 27.5 Å². The molecule has 4 aromatic rings. The van der Waals surface area contributed by atoms with Crippen molar-refractivity contribution in [3.8, 4) is 11.3 Å². The Labute approximate surface area is 188 Å². The Balaban J connectivity index is 1.43. The fraction of sp³-hybridized carbons (Fsp3) is 0.250. The number of carbonyl (C=O) groups is 1. The summed E-state index contributed by atoms with van der Waals surface area (Å²) < 4.78 is 27.8. The van der Waals surface area contributed by atoms with E-state index in [4.69, 9.17) is 0 Å². The number of aryl methyl sites for hydroxylation is 1. The fourth-order valence-corrected chi connectivity index (χ4v) is 4.46. The highest BCUT2D eigenvalue weighted by atomic mass is 19.1. The molecular weight excluding hydrogens is 426 g/mol. The van der Waals surface area contributed by atoms with E-state index in [1.807, 2.05) is 31.0 Å². The number of halogens is 2. The Morgan fingerprint density at radius 2 is 2.00 bits per heavy atom. The summed E-state index contributed by atoms with van der Waals surface area (Å²) in [6, 6.07) is 8.77. The van der Waals surface area contributed by atoms with Gasteiger partial charge in [0.2, 0.25) is 0 Å². The van der Waals surface area contributed by atoms with Crippen LogP contribution in [0.2, 0.25) is 0 Å². The SMILES string of the molecule is Cc1cc(-c2n[nH]c3ncc(C(=O)N[C@H]4CN(C)C[C@@H]4c4ccc(F)cc4F)cc23)ccn1. The monoisotopic (exact) mass is 448 g/mol. The van der Waals surface area contributed by atoms with Crippen LogP contribution < -0.4 is 5.32 Å². The number of fused-ring (bicyclic) bond motifs is 1. The highest BCUT2D eigenvalue weighted by molar-refractivity contribution is 6.00. The molecule has 2 atom stereocenters. The average Bonchev–Trinajstić information content (AvgIpc) is 3.36. The van der Waals surface area contributed by atoms with Crippen molar-refractivity contribution in [3.05, 3.63) is 77.2 Å². The van der Waals surface area contributed by atoms with Gasteiger partial charge < -0.3 is 10.2 Å². The number of rotatable bonds is 4. The topological polar surface area (TPSA) is 86.8 Å². The number of benzene rings is 1. The Kier molecular flexibility index (Phi) is 5.33. The predicted molar refractivity (Wildman–Crippen MR) is 120 cm³/mol. The number of aromatic nitrogens is 4. The average molecular weight is 448 g/mol. The van der Waals surface area contributed by atoms with E-state index in [-0.39, 0.29) is 17.9 Å². The number of likely N-dealkylation sites (N-methyl/N-ethyl adjacent to an activating group) is 1. The molecule has 168 valence electrons. The number of amides is 1. The molecule has 0 saturated carbocycles. The van der Waals surface area contributed by atoms with Gasteiger partial charge in [-0.05, 0) is 43.8 Å². The van der Waals surface area contributed by atoms with Gasteiger partial charge in [-0.2, -0.15) is 5.10 Å². The van der Waals surface area contributed by atoms with E-state index in [1.165, 1.54) is 18.3 Å². The van der Waals surface area contributed by atoms with Crippen molar-refractivity contribution in [3.63, 3.8) is 0 Å². The molecule has 9 heteroatoms. The zero-order chi connectivity index (χ0) is 23.1. The molecule has 0 bridgehead atoms. The zero-order valence-corrected chi connectivity index (χ0v) is 18.1. The minimum absolute atomic E-state index is 0.291. The van der Waals surface area contributed by atoms with E-state index in [0.717, 1.165) is 22.7 Å². The number of hydrogen-bond acceptors (Lipinski definition) is 5. The Bertz CT molecular complexity index is 1350. The minimum Gasteiger partial charge on any atom is -0.347 e. The van der Waals surface area contributed by atoms with Crippen molar-refractivity contribution in [1.29, 1.82) is 0 Å². The smallest absolute Gasteiger partial charge is 0.253 e. The second-order valence-electron chi connectivity index (χ2n) is 8.45. The number of aromatic amines is 1. The number of pyridine rings is 2. The van der Waals surface area contributed by atoms with Crippen LogP contribution in [0.3, 0.4) is 0 Å². The first-order valence-electron chi connectivity index (χ1n) is 10.6. The highest BCUT2D eigenvalue weighted by Gasteiger charge is 2.35. The molecule has 3 aromatic heterocycles. The van der Waals surface area contributed by atoms with Crippen LogP contribution in [0.5, 0.6) is 0 Å². The molecule has 1 aromatic carbocycles. The molecule has 0 unspecified atom stereocenters. The first-order valence-corrected chi connectivity index (χ1v) is 10.6. The maximum absolute atomic E-state index is 14.4. The Hall–Kier alpha value is -3.72. The zero-order valence-electron chi connectivity index (χ0n) is 18.1. The van der Waals surface area contributed by atoms with Crippen LogP contribution in [0.15, 0.2) is 48.8 Å². The first kappa shape index (κ1) is 21.1. The van der Waals surface area contributed by atoms with Crippen molar-refractivity contribution in [1.82, 2.24) is 30.4 Å². The third-order valence-electron chi connectivity index (χ3n) is 6.03. The fourth-order valence-electron chi connectivity index (χ4n) is 4.46. The van der Waals surface area contributed by atoms with Crippen molar-refractivity contribution in [2.75, 3.05) is 20.1 Å². The van der Waals surface area contributed by atoms with Crippen LogP contribution in [-0.2, 0) is 0 Å². The lowest BCUT2D eigenvalue weighted by molar-refractivity contribution is 0.0935. The lowest BCUT2D eigenvalue weighted by atomic mass is 9.93. The highest BCUT2D eigenvalue weighted by Crippen LogP contribution is 2.30. The standard InChI is InChI=1S/C24H22F2N6O/c1-13-7-14(5-6-27-13)22-18-8-15(10-28-23(18)31-30-22)24(33)29-21-12-32(2)11-19(21)17-4-3-16(25)9-20(17)26/h3-10,19,21H,11-12H2,1-2H3,(H,29,33)(H,28,30,31)/t19-,21+/m1/s1. The third kappa shape index (κ3) is 4.07. The van der Waals surface area contributed by atoms with Crippen LogP contribution >= 0.6 is 0 Å². The van der Waals surface area contributed by atoms with Crippen molar-refractivity contribution in [2.24, 2.45) is 0 Å². The Morgan fingerprint density at radius 1 is 1.15 bits per heavy atom. The number of likely N-dealkylation sites (tertiary alicyclic amines) is 1. The number of nitrogens with one attached hydrogen (secondary N) is 2. The molecule has 2 N–H and O–H groups in total. The molecule has 7 nitrogen and oxygen atoms in total. The van der Waals surface area contributed by atoms with Gasteiger partial charge in [0.15, 0.2) is 5.65 Å². The van der Waals surface area contributed by atoms with Gasteiger partial charge in [0.05, 0.1) is 5.56 Å². The van der Waals surface area contributed by atoms with Gasteiger partial charge in [0.25, 0.3) is 5.91 Å². The summed E-state index contributed by atoms with van der Waals surface area (Å²) in [4.78, 5) is 23.7. The van der Waals surface area contributed by atoms with E-state index in [2.05, 4.69) is 25.5 Å². The summed E-state index contributed by atoms with van der Waals surface area (Å²) in [6.07, 6.45) is 3.20. The minimum atomic E-state index is -0.622. The lowest BCUT2D eigenvalue weighted by Crippen LogP contribution is -2.39. The largest absolute Gasteiger partial charge is 0.347 e. The van der Waals surface area contributed by atoms with Crippen LogP contribution in [0, 0.1) is 18.6 Å². The molecule has 1 fully saturated rings. The second kappa shape index (κ2) is 8.32.